The molecule has 0 radical (unpaired) electrons. The second kappa shape index (κ2) is 45.4. The van der Waals surface area contributed by atoms with E-state index in [1.54, 1.807) is 0 Å². The van der Waals surface area contributed by atoms with Crippen molar-refractivity contribution in [3.8, 4) is 0 Å². The van der Waals surface area contributed by atoms with Gasteiger partial charge in [0.05, 0.1) is 105 Å². The van der Waals surface area contributed by atoms with Gasteiger partial charge in [-0.3, -0.25) is 0 Å². The fraction of sp³-hybridized carbons (Fsp3) is 1.00. The summed E-state index contributed by atoms with van der Waals surface area (Å²) in [5, 5.41) is 0. The molecule has 0 aliphatic carbocycles. The lowest BCUT2D eigenvalue weighted by Crippen LogP contribution is -3.00. The molecule has 0 heterocycles. The Bertz CT molecular complexity index is 689. The van der Waals surface area contributed by atoms with E-state index in [9.17, 15) is 0 Å². The molecule has 0 bridgehead atoms. The van der Waals surface area contributed by atoms with Gasteiger partial charge in [0, 0.05) is 0 Å². The van der Waals surface area contributed by atoms with Gasteiger partial charge in [-0.15, -0.1) is 0 Å². The van der Waals surface area contributed by atoms with E-state index in [1.165, 1.54) is 243 Å². The van der Waals surface area contributed by atoms with Gasteiger partial charge in [0.1, 0.15) is 17.3 Å². The summed E-state index contributed by atoms with van der Waals surface area (Å²) in [6, 6.07) is 0. The monoisotopic (exact) mass is 1380 g/mol. The van der Waals surface area contributed by atoms with Crippen molar-refractivity contribution in [3.63, 3.8) is 0 Å². The number of unbranched alkanes of at least 4 members (excludes halogenated alkanes) is 12. The maximum atomic E-state index is 2.46. The molecule has 0 saturated carbocycles. The molecule has 0 aliphatic heterocycles. The van der Waals surface area contributed by atoms with E-state index in [1.807, 2.05) is 0 Å². The molecule has 348 valence electrons. The Morgan fingerprint density at radius 1 is 0.232 bits per heavy atom. The Labute approximate surface area is 444 Å². The molecule has 0 fully saturated rings. The van der Waals surface area contributed by atoms with Crippen molar-refractivity contribution < 1.29 is 138 Å². The molecule has 0 amide bonds. The number of hydrogen-bond donors (Lipinski definition) is 0. The zero-order valence-corrected chi connectivity index (χ0v) is 51.4. The summed E-state index contributed by atoms with van der Waals surface area (Å²) in [6.45, 7) is 48.1. The van der Waals surface area contributed by atoms with E-state index in [2.05, 4.69) is 76.2 Å². The van der Waals surface area contributed by atoms with E-state index in [-0.39, 0.29) is 120 Å². The van der Waals surface area contributed by atoms with Crippen LogP contribution in [-0.2, 0) is 10.9 Å². The Morgan fingerprint density at radius 3 is 0.589 bits per heavy atom. The van der Waals surface area contributed by atoms with Gasteiger partial charge in [0.25, 0.3) is 0 Å². The summed E-state index contributed by atoms with van der Waals surface area (Å²) in [5.74, 6) is 4.43. The standard InChI is InChI=1S/C46H103N4S.5HI/c1-12-47(13-2,14-3)39-31-23-25-33-41-49(18-7,19-8)43-35-27-29-37-45-51(22-11)46-38-30-28-36-44-50(20-9,21-10)42-34-26-24-32-40-48(15-4,16-5)17-6;;;;;/h12-46H2,1-11H3;5*1H/q+5;;;;;/p-5. The smallest absolute Gasteiger partial charge is 0.108 e. The molecule has 0 unspecified atom stereocenters. The topological polar surface area (TPSA) is 0 Å². The molecule has 0 saturated heterocycles. The molecule has 56 heavy (non-hydrogen) atoms. The van der Waals surface area contributed by atoms with Crippen molar-refractivity contribution in [3.05, 3.63) is 0 Å². The van der Waals surface area contributed by atoms with Crippen LogP contribution in [0.3, 0.4) is 0 Å². The normalized spacial score (nSPS) is 12.0. The Hall–Kier alpha value is 3.84. The minimum Gasteiger partial charge on any atom is -1.00 e. The quantitative estimate of drug-likeness (QED) is 0.0259. The molecular weight excluding hydrogens is 1280 g/mol. The lowest BCUT2D eigenvalue weighted by atomic mass is 10.1. The van der Waals surface area contributed by atoms with Gasteiger partial charge in [0.2, 0.25) is 0 Å². The fourth-order valence-corrected chi connectivity index (χ4v) is 11.3. The van der Waals surface area contributed by atoms with E-state index >= 15 is 0 Å². The number of halogens is 5. The first kappa shape index (κ1) is 71.5. The van der Waals surface area contributed by atoms with E-state index < -0.39 is 0 Å². The molecule has 0 aromatic heterocycles. The van der Waals surface area contributed by atoms with Crippen LogP contribution in [0.2, 0.25) is 0 Å². The minimum atomic E-state index is 0. The van der Waals surface area contributed by atoms with Crippen LogP contribution >= 0.6 is 0 Å². The molecular formula is C46H103I5N4S. The highest BCUT2D eigenvalue weighted by molar-refractivity contribution is 7.96. The van der Waals surface area contributed by atoms with Gasteiger partial charge in [-0.2, -0.15) is 0 Å². The largest absolute Gasteiger partial charge is 1.00 e. The predicted octanol–water partition coefficient (Wildman–Crippen LogP) is -3.65. The van der Waals surface area contributed by atoms with Gasteiger partial charge in [-0.25, -0.2) is 0 Å². The molecule has 4 nitrogen and oxygen atoms in total. The summed E-state index contributed by atoms with van der Waals surface area (Å²) in [6.07, 6.45) is 23.1. The third kappa shape index (κ3) is 30.8. The molecule has 10 heteroatoms. The van der Waals surface area contributed by atoms with Crippen LogP contribution in [0, 0.1) is 0 Å². The molecule has 0 aliphatic rings. The molecule has 0 rings (SSSR count). The van der Waals surface area contributed by atoms with Crippen molar-refractivity contribution in [1.82, 2.24) is 0 Å². The van der Waals surface area contributed by atoms with E-state index in [0.717, 1.165) is 0 Å². The lowest BCUT2D eigenvalue weighted by Gasteiger charge is -2.37. The molecule has 0 atom stereocenters. The zero-order valence-electron chi connectivity index (χ0n) is 39.8. The van der Waals surface area contributed by atoms with Crippen molar-refractivity contribution in [2.45, 2.75) is 179 Å². The number of nitrogens with zero attached hydrogens (tertiary/aromatic N) is 4. The average molecular weight is 1380 g/mol. The minimum absolute atomic E-state index is 0. The van der Waals surface area contributed by atoms with Gasteiger partial charge in [-0.05, 0) is 190 Å². The highest BCUT2D eigenvalue weighted by atomic mass is 127. The number of hydrogen-bond acceptors (Lipinski definition) is 0. The Balaban J connectivity index is -0.00000125. The van der Waals surface area contributed by atoms with Crippen LogP contribution in [0.1, 0.15) is 179 Å². The average Bonchev–Trinajstić information content (AvgIpc) is 3.18. The van der Waals surface area contributed by atoms with Crippen molar-refractivity contribution in [1.29, 1.82) is 0 Å². The number of quaternary nitrogens is 4. The summed E-state index contributed by atoms with van der Waals surface area (Å²) < 4.78 is 5.37. The van der Waals surface area contributed by atoms with Crippen LogP contribution in [0.5, 0.6) is 0 Å². The lowest BCUT2D eigenvalue weighted by molar-refractivity contribution is -0.925. The summed E-state index contributed by atoms with van der Waals surface area (Å²) in [7, 11) is 0.676. The van der Waals surface area contributed by atoms with Crippen LogP contribution in [0.25, 0.3) is 0 Å². The third-order valence-corrected chi connectivity index (χ3v) is 17.3. The summed E-state index contributed by atoms with van der Waals surface area (Å²) in [5.41, 5.74) is 0. The van der Waals surface area contributed by atoms with Crippen molar-refractivity contribution >= 4 is 10.9 Å². The molecule has 0 aromatic carbocycles. The van der Waals surface area contributed by atoms with Gasteiger partial charge >= 0.3 is 0 Å². The summed E-state index contributed by atoms with van der Waals surface area (Å²) in [4.78, 5) is 0. The molecule has 0 aromatic rings. The fourth-order valence-electron chi connectivity index (χ4n) is 9.33. The van der Waals surface area contributed by atoms with Crippen LogP contribution in [-0.4, -0.2) is 140 Å². The molecule has 0 spiro atoms. The first-order valence-electron chi connectivity index (χ1n) is 23.7. The zero-order chi connectivity index (χ0) is 38.3. The predicted molar refractivity (Wildman–Crippen MR) is 237 cm³/mol. The first-order valence-corrected chi connectivity index (χ1v) is 25.4. The SMILES string of the molecule is CC[S+](CCCCCC[N+](CC)(CC)CCCCCC[N+](CC)(CC)CC)CCCCCC[N+](CC)(CC)CCCCCC[N+](CC)(CC)CC.[I-].[I-].[I-].[I-].[I-]. The van der Waals surface area contributed by atoms with Crippen molar-refractivity contribution in [2.75, 3.05) is 122 Å². The maximum Gasteiger partial charge on any atom is 0.108 e. The molecule has 0 N–H and O–H groups in total. The first-order chi connectivity index (χ1) is 24.7. The van der Waals surface area contributed by atoms with Crippen molar-refractivity contribution in [2.24, 2.45) is 0 Å². The van der Waals surface area contributed by atoms with E-state index in [0.29, 0.717) is 10.9 Å². The second-order valence-electron chi connectivity index (χ2n) is 16.8. The van der Waals surface area contributed by atoms with Gasteiger partial charge in [-0.1, -0.05) is 0 Å². The maximum absolute atomic E-state index is 2.46. The second-order valence-corrected chi connectivity index (χ2v) is 19.5. The van der Waals surface area contributed by atoms with Gasteiger partial charge in [0.15, 0.2) is 0 Å². The van der Waals surface area contributed by atoms with Crippen LogP contribution in [0.15, 0.2) is 0 Å². The summed E-state index contributed by atoms with van der Waals surface area (Å²) >= 11 is 0. The van der Waals surface area contributed by atoms with Crippen LogP contribution < -0.4 is 120 Å². The Morgan fingerprint density at radius 2 is 0.411 bits per heavy atom. The highest BCUT2D eigenvalue weighted by Gasteiger charge is 2.25. The van der Waals surface area contributed by atoms with Crippen LogP contribution in [0.4, 0.5) is 0 Å². The number of rotatable bonds is 39. The highest BCUT2D eigenvalue weighted by Crippen LogP contribution is 2.18. The Kier molecular flexibility index (Phi) is 58.0. The van der Waals surface area contributed by atoms with Gasteiger partial charge < -0.3 is 138 Å². The van der Waals surface area contributed by atoms with E-state index in [4.69, 9.17) is 0 Å². The third-order valence-electron chi connectivity index (χ3n) is 14.8.